The summed E-state index contributed by atoms with van der Waals surface area (Å²) in [6, 6.07) is 14.7. The van der Waals surface area contributed by atoms with Crippen molar-refractivity contribution in [1.82, 2.24) is 0 Å². The van der Waals surface area contributed by atoms with Gasteiger partial charge in [-0.15, -0.1) is 0 Å². The number of aliphatic hydroxyl groups is 5. The number of fused-ring (bicyclic) bond motifs is 1. The van der Waals surface area contributed by atoms with E-state index in [2.05, 4.69) is 9.98 Å². The number of carboxylic acid groups (broad SMARTS) is 1. The molecule has 56 heavy (non-hydrogen) atoms. The number of hydrogen-bond donors (Lipinski definition) is 9. The van der Waals surface area contributed by atoms with Crippen molar-refractivity contribution in [3.63, 3.8) is 0 Å². The van der Waals surface area contributed by atoms with Gasteiger partial charge in [-0.25, -0.2) is 4.79 Å². The zero-order valence-electron chi connectivity index (χ0n) is 30.1. The smallest absolute Gasteiger partial charge is 0.355 e. The topological polar surface area (TPSA) is 268 Å². The van der Waals surface area contributed by atoms with Gasteiger partial charge in [0.25, 0.3) is 5.91 Å². The van der Waals surface area contributed by atoms with E-state index >= 15 is 0 Å². The fourth-order valence-electron chi connectivity index (χ4n) is 8.49. The molecule has 16 heteroatoms. The number of aromatic hydroxyl groups is 2. The Morgan fingerprint density at radius 3 is 2.46 bits per heavy atom. The average Bonchev–Trinajstić information content (AvgIpc) is 3.91. The van der Waals surface area contributed by atoms with Gasteiger partial charge in [-0.2, -0.15) is 0 Å². The predicted molar refractivity (Wildman–Crippen MR) is 202 cm³/mol. The Morgan fingerprint density at radius 1 is 1.04 bits per heavy atom. The van der Waals surface area contributed by atoms with Crippen molar-refractivity contribution in [2.75, 3.05) is 18.2 Å². The molecule has 296 valence electrons. The van der Waals surface area contributed by atoms with Gasteiger partial charge < -0.3 is 56.1 Å². The van der Waals surface area contributed by atoms with Crippen molar-refractivity contribution in [2.45, 2.75) is 85.9 Å². The van der Waals surface area contributed by atoms with Crippen LogP contribution in [0, 0.1) is 0 Å². The number of anilines is 1. The van der Waals surface area contributed by atoms with E-state index in [-0.39, 0.29) is 29.5 Å². The van der Waals surface area contributed by atoms with E-state index in [9.17, 15) is 50.4 Å². The van der Waals surface area contributed by atoms with E-state index in [1.165, 1.54) is 24.3 Å². The molecule has 16 nitrogen and oxygen atoms in total. The first-order valence-electron chi connectivity index (χ1n) is 18.3. The molecule has 1 saturated heterocycles. The molecule has 9 atom stereocenters. The Kier molecular flexibility index (Phi) is 10.7. The van der Waals surface area contributed by atoms with Crippen molar-refractivity contribution < 1.29 is 59.9 Å². The van der Waals surface area contributed by atoms with Crippen LogP contribution in [0.1, 0.15) is 53.9 Å². The second-order valence-electron chi connectivity index (χ2n) is 14.7. The Morgan fingerprint density at radius 2 is 1.80 bits per heavy atom. The van der Waals surface area contributed by atoms with Crippen LogP contribution in [0.2, 0.25) is 0 Å². The molecule has 3 aromatic carbocycles. The Balaban J connectivity index is 1.30. The number of benzene rings is 3. The highest BCUT2D eigenvalue weighted by Gasteiger charge is 2.56. The highest BCUT2D eigenvalue weighted by Crippen LogP contribution is 2.54. The van der Waals surface area contributed by atoms with Gasteiger partial charge in [0, 0.05) is 47.7 Å². The molecule has 0 spiro atoms. The largest absolute Gasteiger partial charge is 0.508 e. The summed E-state index contributed by atoms with van der Waals surface area (Å²) in [6.45, 7) is -0.586. The molecular formula is C40H44N4O12. The molecule has 1 aliphatic carbocycles. The number of nitrogens with zero attached hydrogens (tertiary/aromatic N) is 3. The number of aliphatic hydroxyl groups excluding tert-OH is 4. The predicted octanol–water partition coefficient (Wildman–Crippen LogP) is 1.06. The average molecular weight is 773 g/mol. The number of carbonyl (C=O) groups is 2. The van der Waals surface area contributed by atoms with Gasteiger partial charge in [0.2, 0.25) is 0 Å². The van der Waals surface area contributed by atoms with Crippen molar-refractivity contribution in [3.05, 3.63) is 89.0 Å². The molecule has 0 unspecified atom stereocenters. The number of carboxylic acids is 1. The number of rotatable bonds is 11. The number of aliphatic carboxylic acids is 1. The van der Waals surface area contributed by atoms with Gasteiger partial charge >= 0.3 is 11.9 Å². The first-order chi connectivity index (χ1) is 26.8. The third-order valence-electron chi connectivity index (χ3n) is 11.4. The molecule has 2 fully saturated rings. The van der Waals surface area contributed by atoms with Gasteiger partial charge in [0.05, 0.1) is 18.0 Å². The standard InChI is InChI=1S/C40H44N4O12/c41-32-7-4-12-39(32,23-5-2-1-3-6-23)17-26-25-15-29(47)30(55-40(54)37(51)36(50)35(49)31(19-45)56-40)16-27(25)44(34(26)38(52)53)33(48)11-9-21-8-10-28(46)22(13-21)14-24-18-42-20-43-24/h1-3,5-6,8-11,13,15-16,18,26,31-32,34-37,45-47,49-51,54H,4,7,12,14,17,19-20,41H2,(H,52,53)/t26-,31+,32+,34+,35+,36-,37+,39+,40+/m0/s1. The number of amides is 1. The number of phenolic OH excluding ortho intramolecular Hbond substituents is 2. The maximum Gasteiger partial charge on any atom is 0.355 e. The summed E-state index contributed by atoms with van der Waals surface area (Å²) < 4.78 is 10.8. The lowest BCUT2D eigenvalue weighted by Crippen LogP contribution is -2.67. The van der Waals surface area contributed by atoms with Crippen LogP contribution in [-0.4, -0.2) is 120 Å². The summed E-state index contributed by atoms with van der Waals surface area (Å²) in [5, 5.41) is 84.9. The molecule has 0 radical (unpaired) electrons. The van der Waals surface area contributed by atoms with Crippen molar-refractivity contribution in [3.8, 4) is 17.2 Å². The first-order valence-corrected chi connectivity index (χ1v) is 18.3. The minimum Gasteiger partial charge on any atom is -0.508 e. The Labute approximate surface area is 321 Å². The highest BCUT2D eigenvalue weighted by molar-refractivity contribution is 6.32. The van der Waals surface area contributed by atoms with E-state index in [0.29, 0.717) is 42.8 Å². The molecule has 3 aromatic rings. The van der Waals surface area contributed by atoms with Crippen molar-refractivity contribution >= 4 is 35.6 Å². The summed E-state index contributed by atoms with van der Waals surface area (Å²) >= 11 is 0. The van der Waals surface area contributed by atoms with Gasteiger partial charge in [-0.1, -0.05) is 42.8 Å². The molecule has 1 amide bonds. The molecule has 4 aliphatic rings. The molecule has 1 saturated carbocycles. The fraction of sp³-hybridized carbons (Fsp3) is 0.400. The van der Waals surface area contributed by atoms with Crippen LogP contribution in [0.15, 0.2) is 76.7 Å². The lowest BCUT2D eigenvalue weighted by molar-refractivity contribution is -0.422. The fourth-order valence-corrected chi connectivity index (χ4v) is 8.49. The third kappa shape index (κ3) is 7.05. The van der Waals surface area contributed by atoms with Crippen LogP contribution in [0.3, 0.4) is 0 Å². The second kappa shape index (κ2) is 15.4. The van der Waals surface area contributed by atoms with E-state index in [1.807, 2.05) is 30.3 Å². The molecule has 3 aliphatic heterocycles. The van der Waals surface area contributed by atoms with Gasteiger partial charge in [0.1, 0.15) is 36.8 Å². The lowest BCUT2D eigenvalue weighted by atomic mass is 9.68. The molecule has 7 rings (SSSR count). The van der Waals surface area contributed by atoms with Crippen LogP contribution in [-0.2, 0) is 26.2 Å². The zero-order valence-corrected chi connectivity index (χ0v) is 30.1. The Bertz CT molecular complexity index is 2070. The van der Waals surface area contributed by atoms with Crippen LogP contribution in [0.25, 0.3) is 6.08 Å². The van der Waals surface area contributed by atoms with Crippen LogP contribution >= 0.6 is 0 Å². The monoisotopic (exact) mass is 772 g/mol. The maximum absolute atomic E-state index is 14.3. The number of hydrogen-bond acceptors (Lipinski definition) is 14. The van der Waals surface area contributed by atoms with E-state index in [4.69, 9.17) is 15.2 Å². The SMILES string of the molecule is N[C@@H]1CCC[C@@]1(C[C@H]1c2cc(O)c(O[C@@]3(O)O[C@H](CO)[C@@H](O)[C@H](O)[C@H]3O)cc2N(C(=O)C=Cc2ccc(O)c(CC3=NCN=C3)c2)[C@H]1C(=O)O)c1ccccc1. The molecular weight excluding hydrogens is 728 g/mol. The third-order valence-corrected chi connectivity index (χ3v) is 11.4. The number of aliphatic imine (C=N–C) groups is 2. The number of nitrogens with two attached hydrogens (primary N) is 1. The number of ether oxygens (including phenoxy) is 2. The number of phenols is 2. The second-order valence-corrected chi connectivity index (χ2v) is 14.7. The molecule has 0 aromatic heterocycles. The Hall–Kier alpha value is -5.20. The lowest BCUT2D eigenvalue weighted by Gasteiger charge is -2.44. The quantitative estimate of drug-likeness (QED) is 0.0976. The van der Waals surface area contributed by atoms with Crippen LogP contribution in [0.5, 0.6) is 17.2 Å². The zero-order chi connectivity index (χ0) is 39.9. The summed E-state index contributed by atoms with van der Waals surface area (Å²) in [5.41, 5.74) is 9.02. The van der Waals surface area contributed by atoms with Crippen LogP contribution in [0.4, 0.5) is 5.69 Å². The van der Waals surface area contributed by atoms with E-state index in [0.717, 1.165) is 23.0 Å². The first kappa shape index (κ1) is 39.1. The van der Waals surface area contributed by atoms with Crippen molar-refractivity contribution in [2.24, 2.45) is 15.7 Å². The molecule has 10 N–H and O–H groups in total. The highest BCUT2D eigenvalue weighted by atomic mass is 16.8. The van der Waals surface area contributed by atoms with Gasteiger partial charge in [-0.05, 0) is 60.2 Å². The number of carbonyl (C=O) groups excluding carboxylic acids is 1. The van der Waals surface area contributed by atoms with Crippen molar-refractivity contribution in [1.29, 1.82) is 0 Å². The van der Waals surface area contributed by atoms with E-state index < -0.39 is 77.7 Å². The molecule has 3 heterocycles. The van der Waals surface area contributed by atoms with Gasteiger partial charge in [-0.3, -0.25) is 19.7 Å². The summed E-state index contributed by atoms with van der Waals surface area (Å²) in [7, 11) is 0. The minimum atomic E-state index is -3.11. The molecule has 0 bridgehead atoms. The van der Waals surface area contributed by atoms with E-state index in [1.54, 1.807) is 18.3 Å². The van der Waals surface area contributed by atoms with Gasteiger partial charge in [0.15, 0.2) is 17.6 Å². The minimum absolute atomic E-state index is 0.00209. The van der Waals surface area contributed by atoms with Crippen LogP contribution < -0.4 is 15.4 Å². The summed E-state index contributed by atoms with van der Waals surface area (Å²) in [6.07, 6.45) is -0.922. The maximum atomic E-state index is 14.3. The summed E-state index contributed by atoms with van der Waals surface area (Å²) in [5.74, 6) is -7.34. The summed E-state index contributed by atoms with van der Waals surface area (Å²) in [4.78, 5) is 37.1. The normalized spacial score (nSPS) is 31.1.